The molecule has 0 spiro atoms. The van der Waals surface area contributed by atoms with Crippen molar-refractivity contribution in [3.8, 4) is 0 Å². The van der Waals surface area contributed by atoms with Crippen molar-refractivity contribution in [2.24, 2.45) is 0 Å². The molecule has 70 valence electrons. The van der Waals surface area contributed by atoms with Crippen LogP contribution in [0.2, 0.25) is 0 Å². The molecule has 0 N–H and O–H groups in total. The van der Waals surface area contributed by atoms with Crippen LogP contribution in [0.25, 0.3) is 0 Å². The predicted molar refractivity (Wildman–Crippen MR) is 47.6 cm³/mol. The number of carbonyl (C=O) groups excluding carboxylic acids is 1. The second-order valence-electron chi connectivity index (χ2n) is 2.35. The van der Waals surface area contributed by atoms with Gasteiger partial charge < -0.3 is 4.74 Å². The van der Waals surface area contributed by atoms with E-state index >= 15 is 0 Å². The minimum Gasteiger partial charge on any atom is -0.469 e. The van der Waals surface area contributed by atoms with Crippen molar-refractivity contribution in [3.63, 3.8) is 0 Å². The van der Waals surface area contributed by atoms with Gasteiger partial charge in [-0.3, -0.25) is 9.78 Å². The number of hydrogen-bond donors (Lipinski definition) is 0. The maximum absolute atomic E-state index is 13.2. The van der Waals surface area contributed by atoms with Gasteiger partial charge in [0.25, 0.3) is 0 Å². The van der Waals surface area contributed by atoms with Gasteiger partial charge >= 0.3 is 5.97 Å². The van der Waals surface area contributed by atoms with Crippen LogP contribution in [0, 0.1) is 5.82 Å². The molecule has 1 aromatic heterocycles. The van der Waals surface area contributed by atoms with Gasteiger partial charge in [0, 0.05) is 18.0 Å². The maximum Gasteiger partial charge on any atom is 0.310 e. The summed E-state index contributed by atoms with van der Waals surface area (Å²) in [6.07, 6.45) is 2.53. The smallest absolute Gasteiger partial charge is 0.310 e. The number of nitrogens with zero attached hydrogens (tertiary/aromatic N) is 1. The fourth-order valence-electron chi connectivity index (χ4n) is 0.810. The third kappa shape index (κ3) is 2.48. The number of methoxy groups -OCH3 is 1. The highest BCUT2D eigenvalue weighted by atomic mass is 79.9. The van der Waals surface area contributed by atoms with Crippen LogP contribution in [0.15, 0.2) is 16.9 Å². The molecule has 1 rings (SSSR count). The fraction of sp³-hybridized carbons (Fsp3) is 0.250. The lowest BCUT2D eigenvalue weighted by molar-refractivity contribution is -0.139. The van der Waals surface area contributed by atoms with Crippen LogP contribution in [-0.2, 0) is 16.0 Å². The zero-order valence-electron chi connectivity index (χ0n) is 6.88. The highest BCUT2D eigenvalue weighted by molar-refractivity contribution is 9.10. The minimum absolute atomic E-state index is 0.102. The van der Waals surface area contributed by atoms with E-state index in [1.807, 2.05) is 0 Å². The van der Waals surface area contributed by atoms with Gasteiger partial charge in [0.1, 0.15) is 5.82 Å². The fourth-order valence-corrected chi connectivity index (χ4v) is 1.18. The Bertz CT molecular complexity index is 330. The zero-order valence-corrected chi connectivity index (χ0v) is 8.47. The summed E-state index contributed by atoms with van der Waals surface area (Å²) in [5.74, 6) is -0.959. The third-order valence-corrected chi connectivity index (χ3v) is 2.03. The summed E-state index contributed by atoms with van der Waals surface area (Å²) >= 11 is 2.97. The lowest BCUT2D eigenvalue weighted by atomic mass is 10.2. The number of pyridine rings is 1. The quantitative estimate of drug-likeness (QED) is 0.747. The molecule has 0 fully saturated rings. The van der Waals surface area contributed by atoms with E-state index in [1.165, 1.54) is 19.5 Å². The molecule has 0 saturated carbocycles. The van der Waals surface area contributed by atoms with E-state index in [-0.39, 0.29) is 16.5 Å². The standard InChI is InChI=1S/C8H7BrFNO2/c1-13-7(12)2-5-3-11-4-6(9)8(5)10/h3-4H,2H2,1H3. The number of rotatable bonds is 2. The van der Waals surface area contributed by atoms with E-state index in [0.29, 0.717) is 0 Å². The first-order chi connectivity index (χ1) is 6.15. The average molecular weight is 248 g/mol. The Labute approximate surface area is 83.1 Å². The lowest BCUT2D eigenvalue weighted by Gasteiger charge is -2.01. The number of esters is 1. The molecule has 0 aliphatic heterocycles. The molecule has 0 saturated heterocycles. The number of carbonyl (C=O) groups is 1. The molecule has 0 aliphatic carbocycles. The molecule has 1 aromatic rings. The molecule has 13 heavy (non-hydrogen) atoms. The molecule has 0 aliphatic rings. The molecule has 0 bridgehead atoms. The average Bonchev–Trinajstić information content (AvgIpc) is 2.13. The van der Waals surface area contributed by atoms with Crippen LogP contribution in [0.4, 0.5) is 4.39 Å². The maximum atomic E-state index is 13.2. The van der Waals surface area contributed by atoms with E-state index in [1.54, 1.807) is 0 Å². The van der Waals surface area contributed by atoms with Crippen LogP contribution in [0.1, 0.15) is 5.56 Å². The van der Waals surface area contributed by atoms with Crippen LogP contribution < -0.4 is 0 Å². The van der Waals surface area contributed by atoms with Crippen molar-refractivity contribution >= 4 is 21.9 Å². The van der Waals surface area contributed by atoms with Gasteiger partial charge in [-0.05, 0) is 15.9 Å². The van der Waals surface area contributed by atoms with Gasteiger partial charge in [0.05, 0.1) is 18.0 Å². The van der Waals surface area contributed by atoms with Gasteiger partial charge in [-0.15, -0.1) is 0 Å². The van der Waals surface area contributed by atoms with Crippen molar-refractivity contribution < 1.29 is 13.9 Å². The topological polar surface area (TPSA) is 39.2 Å². The first-order valence-corrected chi connectivity index (χ1v) is 4.29. The van der Waals surface area contributed by atoms with Gasteiger partial charge in [-0.2, -0.15) is 0 Å². The SMILES string of the molecule is COC(=O)Cc1cncc(Br)c1F. The van der Waals surface area contributed by atoms with Crippen LogP contribution >= 0.6 is 15.9 Å². The Morgan fingerprint density at radius 3 is 3.00 bits per heavy atom. The van der Waals surface area contributed by atoms with Crippen molar-refractivity contribution in [3.05, 3.63) is 28.2 Å². The van der Waals surface area contributed by atoms with Crippen LogP contribution in [0.3, 0.4) is 0 Å². The van der Waals surface area contributed by atoms with Gasteiger partial charge in [0.2, 0.25) is 0 Å². The molecular weight excluding hydrogens is 241 g/mol. The molecule has 0 radical (unpaired) electrons. The number of halogens is 2. The largest absolute Gasteiger partial charge is 0.469 e. The Morgan fingerprint density at radius 1 is 1.69 bits per heavy atom. The summed E-state index contributed by atoms with van der Waals surface area (Å²) in [5.41, 5.74) is 0.223. The summed E-state index contributed by atoms with van der Waals surface area (Å²) < 4.78 is 17.8. The Kier molecular flexibility index (Phi) is 3.36. The lowest BCUT2D eigenvalue weighted by Crippen LogP contribution is -2.06. The first-order valence-electron chi connectivity index (χ1n) is 3.50. The number of ether oxygens (including phenoxy) is 1. The molecule has 5 heteroatoms. The van der Waals surface area contributed by atoms with E-state index in [4.69, 9.17) is 0 Å². The monoisotopic (exact) mass is 247 g/mol. The molecule has 0 unspecified atom stereocenters. The molecule has 1 heterocycles. The summed E-state index contributed by atoms with van der Waals surface area (Å²) in [6.45, 7) is 0. The number of hydrogen-bond acceptors (Lipinski definition) is 3. The van der Waals surface area contributed by atoms with Crippen molar-refractivity contribution in [2.45, 2.75) is 6.42 Å². The molecule has 0 amide bonds. The summed E-state index contributed by atoms with van der Waals surface area (Å²) in [4.78, 5) is 14.6. The minimum atomic E-state index is -0.487. The highest BCUT2D eigenvalue weighted by Gasteiger charge is 2.10. The Hall–Kier alpha value is -0.970. The van der Waals surface area contributed by atoms with Crippen molar-refractivity contribution in [1.29, 1.82) is 0 Å². The van der Waals surface area contributed by atoms with E-state index < -0.39 is 11.8 Å². The van der Waals surface area contributed by atoms with E-state index in [2.05, 4.69) is 25.7 Å². The number of aromatic nitrogens is 1. The molecule has 3 nitrogen and oxygen atoms in total. The molecular formula is C8H7BrFNO2. The second kappa shape index (κ2) is 4.32. The third-order valence-electron chi connectivity index (χ3n) is 1.47. The summed E-state index contributed by atoms with van der Waals surface area (Å²) in [7, 11) is 1.26. The molecule has 0 atom stereocenters. The first kappa shape index (κ1) is 10.1. The van der Waals surface area contributed by atoms with Gasteiger partial charge in [-0.25, -0.2) is 4.39 Å². The van der Waals surface area contributed by atoms with Crippen LogP contribution in [0.5, 0.6) is 0 Å². The predicted octanol–water partition coefficient (Wildman–Crippen LogP) is 1.70. The van der Waals surface area contributed by atoms with Crippen molar-refractivity contribution in [1.82, 2.24) is 4.98 Å². The zero-order chi connectivity index (χ0) is 9.84. The molecule has 0 aromatic carbocycles. The van der Waals surface area contributed by atoms with E-state index in [0.717, 1.165) is 0 Å². The van der Waals surface area contributed by atoms with E-state index in [9.17, 15) is 9.18 Å². The Balaban J connectivity index is 2.89. The summed E-state index contributed by atoms with van der Waals surface area (Å²) in [6, 6.07) is 0. The normalized spacial score (nSPS) is 9.77. The van der Waals surface area contributed by atoms with Crippen molar-refractivity contribution in [2.75, 3.05) is 7.11 Å². The second-order valence-corrected chi connectivity index (χ2v) is 3.20. The Morgan fingerprint density at radius 2 is 2.38 bits per heavy atom. The summed E-state index contributed by atoms with van der Waals surface area (Å²) in [5, 5.41) is 0. The highest BCUT2D eigenvalue weighted by Crippen LogP contribution is 2.17. The van der Waals surface area contributed by atoms with Crippen LogP contribution in [-0.4, -0.2) is 18.1 Å². The van der Waals surface area contributed by atoms with Gasteiger partial charge in [0.15, 0.2) is 0 Å². The van der Waals surface area contributed by atoms with Gasteiger partial charge in [-0.1, -0.05) is 0 Å².